The molecule has 3 N–H and O–H groups in total. The zero-order valence-corrected chi connectivity index (χ0v) is 11.3. The third-order valence-corrected chi connectivity index (χ3v) is 2.33. The van der Waals surface area contributed by atoms with Crippen LogP contribution in [-0.4, -0.2) is 16.1 Å². The predicted octanol–water partition coefficient (Wildman–Crippen LogP) is 2.36. The Hall–Kier alpha value is -2.24. The number of rotatable bonds is 5. The molecule has 2 aromatic rings. The van der Waals surface area contributed by atoms with Gasteiger partial charge in [-0.3, -0.25) is 0 Å². The van der Waals surface area contributed by atoms with E-state index in [1.54, 1.807) is 18.3 Å². The van der Waals surface area contributed by atoms with Crippen LogP contribution in [0.25, 0.3) is 0 Å². The maximum absolute atomic E-state index is 5.80. The average Bonchev–Trinajstić information content (AvgIpc) is 2.75. The van der Waals surface area contributed by atoms with Crippen molar-refractivity contribution in [3.05, 3.63) is 30.0 Å². The number of anilines is 2. The number of pyridine rings is 1. The van der Waals surface area contributed by atoms with E-state index in [0.29, 0.717) is 29.8 Å². The highest BCUT2D eigenvalue weighted by atomic mass is 16.5. The number of nitrogen functional groups attached to an aromatic ring is 1. The summed E-state index contributed by atoms with van der Waals surface area (Å²) in [4.78, 5) is 8.41. The van der Waals surface area contributed by atoms with Crippen LogP contribution in [0.4, 0.5) is 11.5 Å². The van der Waals surface area contributed by atoms with Crippen molar-refractivity contribution < 1.29 is 9.15 Å². The van der Waals surface area contributed by atoms with Gasteiger partial charge in [0, 0.05) is 0 Å². The molecule has 0 bridgehead atoms. The zero-order chi connectivity index (χ0) is 13.8. The molecule has 0 saturated carbocycles. The number of hydrogen-bond acceptors (Lipinski definition) is 6. The van der Waals surface area contributed by atoms with Gasteiger partial charge in [-0.1, -0.05) is 0 Å². The first-order chi connectivity index (χ1) is 9.04. The molecule has 0 amide bonds. The first kappa shape index (κ1) is 13.2. The van der Waals surface area contributed by atoms with Gasteiger partial charge in [-0.15, -0.1) is 0 Å². The minimum atomic E-state index is 0.0273. The zero-order valence-electron chi connectivity index (χ0n) is 11.3. The minimum absolute atomic E-state index is 0.0273. The summed E-state index contributed by atoms with van der Waals surface area (Å²) in [6.45, 7) is 6.17. The molecule has 0 radical (unpaired) electrons. The van der Waals surface area contributed by atoms with Crippen molar-refractivity contribution in [2.45, 2.75) is 33.4 Å². The van der Waals surface area contributed by atoms with E-state index < -0.39 is 0 Å². The van der Waals surface area contributed by atoms with Crippen LogP contribution in [-0.2, 0) is 6.54 Å². The molecule has 0 aliphatic heterocycles. The molecule has 0 aliphatic rings. The minimum Gasteiger partial charge on any atom is -0.473 e. The van der Waals surface area contributed by atoms with Gasteiger partial charge < -0.3 is 20.2 Å². The molecule has 0 atom stereocenters. The van der Waals surface area contributed by atoms with Crippen LogP contribution >= 0.6 is 0 Å². The SMILES string of the molecule is Cc1cnc(CNc2ccc(N)c(OC(C)C)n2)o1. The van der Waals surface area contributed by atoms with Gasteiger partial charge in [-0.05, 0) is 32.9 Å². The van der Waals surface area contributed by atoms with E-state index in [1.807, 2.05) is 20.8 Å². The lowest BCUT2D eigenvalue weighted by Gasteiger charge is -2.12. The number of nitrogens with two attached hydrogens (primary N) is 1. The Labute approximate surface area is 112 Å². The van der Waals surface area contributed by atoms with E-state index in [0.717, 1.165) is 5.76 Å². The van der Waals surface area contributed by atoms with Crippen molar-refractivity contribution in [2.24, 2.45) is 0 Å². The molecule has 0 fully saturated rings. The number of nitrogens with one attached hydrogen (secondary N) is 1. The van der Waals surface area contributed by atoms with E-state index in [-0.39, 0.29) is 6.10 Å². The molecule has 6 heteroatoms. The fourth-order valence-electron chi connectivity index (χ4n) is 1.52. The Morgan fingerprint density at radius 3 is 2.84 bits per heavy atom. The van der Waals surface area contributed by atoms with Crippen LogP contribution in [0.1, 0.15) is 25.5 Å². The van der Waals surface area contributed by atoms with E-state index in [1.165, 1.54) is 0 Å². The quantitative estimate of drug-likeness (QED) is 0.860. The third-order valence-electron chi connectivity index (χ3n) is 2.33. The van der Waals surface area contributed by atoms with E-state index in [9.17, 15) is 0 Å². The Bertz CT molecular complexity index is 551. The normalized spacial score (nSPS) is 10.7. The molecule has 102 valence electrons. The van der Waals surface area contributed by atoms with Crippen LogP contribution in [0.5, 0.6) is 5.88 Å². The van der Waals surface area contributed by atoms with E-state index in [2.05, 4.69) is 15.3 Å². The molecule has 2 rings (SSSR count). The Kier molecular flexibility index (Phi) is 3.89. The molecule has 2 heterocycles. The highest BCUT2D eigenvalue weighted by Crippen LogP contribution is 2.22. The van der Waals surface area contributed by atoms with Crippen LogP contribution < -0.4 is 15.8 Å². The molecule has 0 spiro atoms. The smallest absolute Gasteiger partial charge is 0.239 e. The first-order valence-corrected chi connectivity index (χ1v) is 6.13. The second-order valence-corrected chi connectivity index (χ2v) is 4.48. The van der Waals surface area contributed by atoms with Gasteiger partial charge in [0.05, 0.1) is 24.5 Å². The highest BCUT2D eigenvalue weighted by molar-refractivity contribution is 5.53. The molecule has 0 saturated heterocycles. The standard InChI is InChI=1S/C13H18N4O2/c1-8(2)18-13-10(14)4-5-11(17-13)15-7-12-16-6-9(3)19-12/h4-6,8H,7,14H2,1-3H3,(H,15,17). The largest absolute Gasteiger partial charge is 0.473 e. The fourth-order valence-corrected chi connectivity index (χ4v) is 1.52. The number of ether oxygens (including phenoxy) is 1. The number of hydrogen-bond donors (Lipinski definition) is 2. The summed E-state index contributed by atoms with van der Waals surface area (Å²) in [7, 11) is 0. The number of nitrogens with zero attached hydrogens (tertiary/aromatic N) is 2. The van der Waals surface area contributed by atoms with Crippen molar-refractivity contribution in [3.8, 4) is 5.88 Å². The third kappa shape index (κ3) is 3.61. The predicted molar refractivity (Wildman–Crippen MR) is 73.0 cm³/mol. The lowest BCUT2D eigenvalue weighted by Crippen LogP contribution is -2.10. The summed E-state index contributed by atoms with van der Waals surface area (Å²) in [5.74, 6) is 2.50. The molecular formula is C13H18N4O2. The van der Waals surface area contributed by atoms with Crippen LogP contribution in [0, 0.1) is 6.92 Å². The molecule has 0 unspecified atom stereocenters. The van der Waals surface area contributed by atoms with Gasteiger partial charge in [-0.25, -0.2) is 4.98 Å². The van der Waals surface area contributed by atoms with Gasteiger partial charge in [0.15, 0.2) is 0 Å². The first-order valence-electron chi connectivity index (χ1n) is 6.13. The Balaban J connectivity index is 2.04. The summed E-state index contributed by atoms with van der Waals surface area (Å²) < 4.78 is 10.9. The van der Waals surface area contributed by atoms with Gasteiger partial charge in [-0.2, -0.15) is 4.98 Å². The molecule has 0 aliphatic carbocycles. The van der Waals surface area contributed by atoms with Crippen molar-refractivity contribution in [1.82, 2.24) is 9.97 Å². The topological polar surface area (TPSA) is 86.2 Å². The summed E-state index contributed by atoms with van der Waals surface area (Å²) in [5.41, 5.74) is 6.32. The fraction of sp³-hybridized carbons (Fsp3) is 0.385. The summed E-state index contributed by atoms with van der Waals surface area (Å²) in [6.07, 6.45) is 1.71. The van der Waals surface area contributed by atoms with Crippen LogP contribution in [0.2, 0.25) is 0 Å². The second kappa shape index (κ2) is 5.60. The van der Waals surface area contributed by atoms with Gasteiger partial charge in [0.1, 0.15) is 11.6 Å². The van der Waals surface area contributed by atoms with Gasteiger partial charge >= 0.3 is 0 Å². The summed E-state index contributed by atoms with van der Waals surface area (Å²) in [5, 5.41) is 3.11. The maximum atomic E-state index is 5.80. The number of oxazole rings is 1. The molecule has 19 heavy (non-hydrogen) atoms. The summed E-state index contributed by atoms with van der Waals surface area (Å²) in [6, 6.07) is 3.55. The lowest BCUT2D eigenvalue weighted by atomic mass is 10.4. The van der Waals surface area contributed by atoms with E-state index >= 15 is 0 Å². The van der Waals surface area contributed by atoms with Crippen LogP contribution in [0.3, 0.4) is 0 Å². The second-order valence-electron chi connectivity index (χ2n) is 4.48. The average molecular weight is 262 g/mol. The Morgan fingerprint density at radius 1 is 1.42 bits per heavy atom. The van der Waals surface area contributed by atoms with Crippen molar-refractivity contribution >= 4 is 11.5 Å². The number of aromatic nitrogens is 2. The maximum Gasteiger partial charge on any atom is 0.239 e. The molecule has 6 nitrogen and oxygen atoms in total. The van der Waals surface area contributed by atoms with E-state index in [4.69, 9.17) is 14.9 Å². The van der Waals surface area contributed by atoms with Crippen LogP contribution in [0.15, 0.2) is 22.7 Å². The van der Waals surface area contributed by atoms with Crippen molar-refractivity contribution in [2.75, 3.05) is 11.1 Å². The monoisotopic (exact) mass is 262 g/mol. The van der Waals surface area contributed by atoms with Gasteiger partial charge in [0.2, 0.25) is 11.8 Å². The molecular weight excluding hydrogens is 244 g/mol. The molecule has 2 aromatic heterocycles. The lowest BCUT2D eigenvalue weighted by molar-refractivity contribution is 0.234. The van der Waals surface area contributed by atoms with Gasteiger partial charge in [0.25, 0.3) is 0 Å². The summed E-state index contributed by atoms with van der Waals surface area (Å²) >= 11 is 0. The molecule has 0 aromatic carbocycles. The highest BCUT2D eigenvalue weighted by Gasteiger charge is 2.07. The Morgan fingerprint density at radius 2 is 2.21 bits per heavy atom. The van der Waals surface area contributed by atoms with Crippen molar-refractivity contribution in [3.63, 3.8) is 0 Å². The van der Waals surface area contributed by atoms with Crippen molar-refractivity contribution in [1.29, 1.82) is 0 Å². The number of aryl methyl sites for hydroxylation is 1.